The highest BCUT2D eigenvalue weighted by molar-refractivity contribution is 5.82. The second kappa shape index (κ2) is 7.10. The lowest BCUT2D eigenvalue weighted by Gasteiger charge is -2.33. The van der Waals surface area contributed by atoms with Crippen LogP contribution in [0.1, 0.15) is 45.4 Å². The number of nitrogens with one attached hydrogen (secondary N) is 2. The average molecular weight is 253 g/mol. The maximum absolute atomic E-state index is 12.2. The molecule has 2 rings (SSSR count). The van der Waals surface area contributed by atoms with Gasteiger partial charge < -0.3 is 15.5 Å². The van der Waals surface area contributed by atoms with Gasteiger partial charge in [0.25, 0.3) is 0 Å². The summed E-state index contributed by atoms with van der Waals surface area (Å²) in [7, 11) is 0. The SMILES string of the molecule is CCN1CCCC(NC(=O)C2CCCCCN2)C1. The van der Waals surface area contributed by atoms with E-state index in [1.54, 1.807) is 0 Å². The first kappa shape index (κ1) is 13.8. The van der Waals surface area contributed by atoms with Crippen LogP contribution in [-0.4, -0.2) is 49.1 Å². The van der Waals surface area contributed by atoms with Crippen molar-refractivity contribution in [1.82, 2.24) is 15.5 Å². The molecule has 0 radical (unpaired) electrons. The van der Waals surface area contributed by atoms with Crippen molar-refractivity contribution < 1.29 is 4.79 Å². The van der Waals surface area contributed by atoms with Gasteiger partial charge in [-0.25, -0.2) is 0 Å². The van der Waals surface area contributed by atoms with Crippen molar-refractivity contribution in [2.24, 2.45) is 0 Å². The zero-order valence-electron chi connectivity index (χ0n) is 11.6. The number of piperidine rings is 1. The Morgan fingerprint density at radius 1 is 1.28 bits per heavy atom. The van der Waals surface area contributed by atoms with Crippen LogP contribution in [0.2, 0.25) is 0 Å². The van der Waals surface area contributed by atoms with Crippen LogP contribution in [0.4, 0.5) is 0 Å². The zero-order valence-corrected chi connectivity index (χ0v) is 11.6. The maximum atomic E-state index is 12.2. The molecule has 0 aromatic carbocycles. The lowest BCUT2D eigenvalue weighted by Crippen LogP contribution is -2.52. The van der Waals surface area contributed by atoms with Crippen LogP contribution in [0.3, 0.4) is 0 Å². The number of likely N-dealkylation sites (N-methyl/N-ethyl adjacent to an activating group) is 1. The summed E-state index contributed by atoms with van der Waals surface area (Å²) in [5.41, 5.74) is 0. The molecule has 18 heavy (non-hydrogen) atoms. The highest BCUT2D eigenvalue weighted by Crippen LogP contribution is 2.12. The van der Waals surface area contributed by atoms with E-state index in [0.717, 1.165) is 32.5 Å². The first-order valence-electron chi connectivity index (χ1n) is 7.55. The summed E-state index contributed by atoms with van der Waals surface area (Å²) in [5.74, 6) is 0.222. The minimum Gasteiger partial charge on any atom is -0.351 e. The van der Waals surface area contributed by atoms with E-state index in [-0.39, 0.29) is 11.9 Å². The fourth-order valence-corrected chi connectivity index (χ4v) is 3.01. The maximum Gasteiger partial charge on any atom is 0.237 e. The second-order valence-electron chi connectivity index (χ2n) is 5.60. The predicted molar refractivity (Wildman–Crippen MR) is 73.5 cm³/mol. The lowest BCUT2D eigenvalue weighted by molar-refractivity contribution is -0.124. The molecule has 2 unspecified atom stereocenters. The van der Waals surface area contributed by atoms with Gasteiger partial charge in [-0.1, -0.05) is 19.8 Å². The van der Waals surface area contributed by atoms with Crippen LogP contribution < -0.4 is 10.6 Å². The molecule has 0 aliphatic carbocycles. The molecular weight excluding hydrogens is 226 g/mol. The van der Waals surface area contributed by atoms with Crippen molar-refractivity contribution in [2.45, 2.75) is 57.5 Å². The number of carbonyl (C=O) groups is 1. The van der Waals surface area contributed by atoms with Gasteiger partial charge in [0.15, 0.2) is 0 Å². The molecule has 0 aromatic heterocycles. The van der Waals surface area contributed by atoms with Crippen molar-refractivity contribution in [1.29, 1.82) is 0 Å². The Labute approximate surface area is 110 Å². The van der Waals surface area contributed by atoms with E-state index in [0.29, 0.717) is 6.04 Å². The summed E-state index contributed by atoms with van der Waals surface area (Å²) in [5, 5.41) is 6.61. The van der Waals surface area contributed by atoms with E-state index in [2.05, 4.69) is 22.5 Å². The Balaban J connectivity index is 1.78. The van der Waals surface area contributed by atoms with Crippen LogP contribution in [0.15, 0.2) is 0 Å². The van der Waals surface area contributed by atoms with E-state index in [9.17, 15) is 4.79 Å². The lowest BCUT2D eigenvalue weighted by atomic mass is 10.0. The second-order valence-corrected chi connectivity index (χ2v) is 5.60. The number of rotatable bonds is 3. The molecule has 1 amide bonds. The Bertz CT molecular complexity index is 262. The van der Waals surface area contributed by atoms with E-state index >= 15 is 0 Å². The molecule has 4 heteroatoms. The van der Waals surface area contributed by atoms with Gasteiger partial charge in [-0.3, -0.25) is 4.79 Å². The summed E-state index contributed by atoms with van der Waals surface area (Å²) in [6, 6.07) is 0.403. The van der Waals surface area contributed by atoms with E-state index < -0.39 is 0 Å². The highest BCUT2D eigenvalue weighted by atomic mass is 16.2. The Hall–Kier alpha value is -0.610. The fraction of sp³-hybridized carbons (Fsp3) is 0.929. The van der Waals surface area contributed by atoms with Crippen molar-refractivity contribution in [3.63, 3.8) is 0 Å². The highest BCUT2D eigenvalue weighted by Gasteiger charge is 2.24. The quantitative estimate of drug-likeness (QED) is 0.792. The van der Waals surface area contributed by atoms with Crippen molar-refractivity contribution in [2.75, 3.05) is 26.2 Å². The number of likely N-dealkylation sites (tertiary alicyclic amines) is 1. The molecule has 4 nitrogen and oxygen atoms in total. The molecule has 2 aliphatic rings. The largest absolute Gasteiger partial charge is 0.351 e. The van der Waals surface area contributed by atoms with Gasteiger partial charge in [0.2, 0.25) is 5.91 Å². The Kier molecular flexibility index (Phi) is 5.45. The molecule has 2 saturated heterocycles. The molecule has 104 valence electrons. The van der Waals surface area contributed by atoms with Crippen LogP contribution >= 0.6 is 0 Å². The molecule has 2 N–H and O–H groups in total. The summed E-state index contributed by atoms with van der Waals surface area (Å²) in [6.45, 7) is 6.48. The van der Waals surface area contributed by atoms with Crippen LogP contribution in [-0.2, 0) is 4.79 Å². The molecule has 2 aliphatic heterocycles. The summed E-state index contributed by atoms with van der Waals surface area (Å²) in [4.78, 5) is 14.6. The van der Waals surface area contributed by atoms with Gasteiger partial charge in [-0.15, -0.1) is 0 Å². The number of hydrogen-bond acceptors (Lipinski definition) is 3. The minimum absolute atomic E-state index is 0.0458. The molecular formula is C14H27N3O. The van der Waals surface area contributed by atoms with Crippen molar-refractivity contribution in [3.05, 3.63) is 0 Å². The standard InChI is InChI=1S/C14H27N3O/c1-2-17-10-6-7-12(11-17)16-14(18)13-8-4-3-5-9-15-13/h12-13,15H,2-11H2,1H3,(H,16,18). The number of hydrogen-bond donors (Lipinski definition) is 2. The van der Waals surface area contributed by atoms with Gasteiger partial charge in [0, 0.05) is 12.6 Å². The average Bonchev–Trinajstić information content (AvgIpc) is 2.68. The smallest absolute Gasteiger partial charge is 0.237 e. The van der Waals surface area contributed by atoms with Crippen LogP contribution in [0, 0.1) is 0 Å². The Morgan fingerprint density at radius 2 is 2.17 bits per heavy atom. The molecule has 0 aromatic rings. The summed E-state index contributed by atoms with van der Waals surface area (Å²) in [6.07, 6.45) is 6.97. The normalized spacial score (nSPS) is 30.7. The van der Waals surface area contributed by atoms with Crippen molar-refractivity contribution >= 4 is 5.91 Å². The first-order chi connectivity index (χ1) is 8.79. The summed E-state index contributed by atoms with van der Waals surface area (Å²) >= 11 is 0. The van der Waals surface area contributed by atoms with Gasteiger partial charge in [-0.05, 0) is 45.3 Å². The third kappa shape index (κ3) is 3.95. The monoisotopic (exact) mass is 253 g/mol. The predicted octanol–water partition coefficient (Wildman–Crippen LogP) is 1.12. The Morgan fingerprint density at radius 3 is 3.00 bits per heavy atom. The van der Waals surface area contributed by atoms with Gasteiger partial charge in [0.05, 0.1) is 6.04 Å². The van der Waals surface area contributed by atoms with Crippen LogP contribution in [0.25, 0.3) is 0 Å². The molecule has 0 bridgehead atoms. The zero-order chi connectivity index (χ0) is 12.8. The fourth-order valence-electron chi connectivity index (χ4n) is 3.01. The topological polar surface area (TPSA) is 44.4 Å². The molecule has 2 atom stereocenters. The summed E-state index contributed by atoms with van der Waals surface area (Å²) < 4.78 is 0. The first-order valence-corrected chi connectivity index (χ1v) is 7.55. The van der Waals surface area contributed by atoms with Gasteiger partial charge in [0.1, 0.15) is 0 Å². The number of amides is 1. The van der Waals surface area contributed by atoms with E-state index in [1.165, 1.54) is 32.2 Å². The number of carbonyl (C=O) groups excluding carboxylic acids is 1. The van der Waals surface area contributed by atoms with Crippen molar-refractivity contribution in [3.8, 4) is 0 Å². The van der Waals surface area contributed by atoms with E-state index in [1.807, 2.05) is 0 Å². The molecule has 0 spiro atoms. The van der Waals surface area contributed by atoms with Gasteiger partial charge in [-0.2, -0.15) is 0 Å². The molecule has 0 saturated carbocycles. The minimum atomic E-state index is 0.0458. The van der Waals surface area contributed by atoms with Crippen LogP contribution in [0.5, 0.6) is 0 Å². The molecule has 2 heterocycles. The van der Waals surface area contributed by atoms with Gasteiger partial charge >= 0.3 is 0 Å². The third-order valence-corrected chi connectivity index (χ3v) is 4.18. The van der Waals surface area contributed by atoms with E-state index in [4.69, 9.17) is 0 Å². The number of nitrogens with zero attached hydrogens (tertiary/aromatic N) is 1. The molecule has 2 fully saturated rings. The third-order valence-electron chi connectivity index (χ3n) is 4.18.